The molecule has 0 radical (unpaired) electrons. The highest BCUT2D eigenvalue weighted by Crippen LogP contribution is 2.23. The van der Waals surface area contributed by atoms with Gasteiger partial charge in [0.25, 0.3) is 5.91 Å². The Kier molecular flexibility index (Phi) is 4.66. The molecule has 0 saturated carbocycles. The molecule has 2 amide bonds. The van der Waals surface area contributed by atoms with Crippen molar-refractivity contribution >= 4 is 23.2 Å². The van der Waals surface area contributed by atoms with Gasteiger partial charge < -0.3 is 9.80 Å². The third-order valence-corrected chi connectivity index (χ3v) is 5.50. The van der Waals surface area contributed by atoms with Crippen LogP contribution in [-0.4, -0.2) is 44.0 Å². The lowest BCUT2D eigenvalue weighted by atomic mass is 10.1. The van der Waals surface area contributed by atoms with Gasteiger partial charge in [-0.3, -0.25) is 9.59 Å². The molecule has 140 valence electrons. The van der Waals surface area contributed by atoms with Crippen LogP contribution in [0.25, 0.3) is 0 Å². The predicted molar refractivity (Wildman–Crippen MR) is 101 cm³/mol. The summed E-state index contributed by atoms with van der Waals surface area (Å²) in [6, 6.07) is 13.7. The summed E-state index contributed by atoms with van der Waals surface area (Å²) in [5.41, 5.74) is 2.68. The highest BCUT2D eigenvalue weighted by atomic mass is 19.1. The fraction of sp³-hybridized carbons (Fsp3) is 0.333. The Balaban J connectivity index is 1.44. The molecule has 2 aliphatic rings. The van der Waals surface area contributed by atoms with Crippen LogP contribution >= 0.6 is 0 Å². The first-order valence-corrected chi connectivity index (χ1v) is 9.31. The van der Waals surface area contributed by atoms with E-state index in [1.54, 1.807) is 12.1 Å². The van der Waals surface area contributed by atoms with Crippen molar-refractivity contribution < 1.29 is 18.9 Å². The topological polar surface area (TPSA) is 45.1 Å². The number of aryl methyl sites for hydroxylation is 1. The average Bonchev–Trinajstić information content (AvgIpc) is 2.97. The molecule has 2 aromatic carbocycles. The number of benzene rings is 2. The molecule has 2 saturated heterocycles. The number of hydrogen-bond donors (Lipinski definition) is 1. The molecule has 0 aromatic heterocycles. The van der Waals surface area contributed by atoms with Gasteiger partial charge in [-0.1, -0.05) is 12.1 Å². The molecule has 0 aliphatic carbocycles. The summed E-state index contributed by atoms with van der Waals surface area (Å²) in [7, 11) is 0. The number of anilines is 2. The minimum atomic E-state index is -0.312. The van der Waals surface area contributed by atoms with Gasteiger partial charge >= 0.3 is 0 Å². The molecular formula is C21H23FN3O2+. The quantitative estimate of drug-likeness (QED) is 0.828. The third-order valence-electron chi connectivity index (χ3n) is 5.50. The van der Waals surface area contributed by atoms with Crippen LogP contribution in [0.3, 0.4) is 0 Å². The van der Waals surface area contributed by atoms with Gasteiger partial charge in [-0.15, -0.1) is 0 Å². The molecular weight excluding hydrogens is 345 g/mol. The van der Waals surface area contributed by atoms with Crippen LogP contribution in [0.15, 0.2) is 48.5 Å². The van der Waals surface area contributed by atoms with Gasteiger partial charge in [-0.25, -0.2) is 9.29 Å². The Morgan fingerprint density at radius 3 is 2.37 bits per heavy atom. The van der Waals surface area contributed by atoms with Crippen molar-refractivity contribution in [1.82, 2.24) is 0 Å². The normalized spacial score (nSPS) is 21.2. The molecule has 6 heteroatoms. The summed E-state index contributed by atoms with van der Waals surface area (Å²) in [4.78, 5) is 30.2. The van der Waals surface area contributed by atoms with Crippen molar-refractivity contribution in [2.45, 2.75) is 19.4 Å². The van der Waals surface area contributed by atoms with E-state index in [-0.39, 0.29) is 30.1 Å². The molecule has 2 aromatic rings. The van der Waals surface area contributed by atoms with Crippen LogP contribution in [0.1, 0.15) is 12.0 Å². The van der Waals surface area contributed by atoms with E-state index in [4.69, 9.17) is 0 Å². The van der Waals surface area contributed by atoms with E-state index in [1.165, 1.54) is 17.0 Å². The van der Waals surface area contributed by atoms with Gasteiger partial charge in [0.15, 0.2) is 6.04 Å². The van der Waals surface area contributed by atoms with Crippen LogP contribution in [0.5, 0.6) is 0 Å². The Morgan fingerprint density at radius 2 is 1.70 bits per heavy atom. The molecule has 1 atom stereocenters. The van der Waals surface area contributed by atoms with Crippen LogP contribution in [0.4, 0.5) is 15.8 Å². The molecule has 2 fully saturated rings. The molecule has 0 bridgehead atoms. The van der Waals surface area contributed by atoms with Crippen LogP contribution < -0.4 is 14.7 Å². The SMILES string of the molecule is Cc1cccc(N2C(=O)CC([NH+]3CCN(c4ccc(F)cc4)CC3)C2=O)c1. The van der Waals surface area contributed by atoms with E-state index in [9.17, 15) is 14.0 Å². The molecule has 2 aliphatic heterocycles. The molecule has 1 N–H and O–H groups in total. The monoisotopic (exact) mass is 368 g/mol. The zero-order valence-electron chi connectivity index (χ0n) is 15.3. The molecule has 4 rings (SSSR count). The first kappa shape index (κ1) is 17.7. The number of amides is 2. The maximum atomic E-state index is 13.1. The molecule has 2 heterocycles. The number of quaternary nitrogens is 1. The van der Waals surface area contributed by atoms with Crippen LogP contribution in [0.2, 0.25) is 0 Å². The van der Waals surface area contributed by atoms with Gasteiger partial charge in [0.1, 0.15) is 5.82 Å². The van der Waals surface area contributed by atoms with Crippen molar-refractivity contribution in [2.75, 3.05) is 36.0 Å². The zero-order valence-corrected chi connectivity index (χ0v) is 15.3. The minimum absolute atomic E-state index is 0.101. The smallest absolute Gasteiger partial charge is 0.292 e. The van der Waals surface area contributed by atoms with E-state index >= 15 is 0 Å². The summed E-state index contributed by atoms with van der Waals surface area (Å²) in [5, 5.41) is 0. The Bertz CT molecular complexity index is 860. The molecule has 27 heavy (non-hydrogen) atoms. The standard InChI is InChI=1S/C21H22FN3O2/c1-15-3-2-4-18(13-15)25-20(26)14-19(21(25)27)24-11-9-23(10-12-24)17-7-5-16(22)6-8-17/h2-8,13,19H,9-12,14H2,1H3/p+1. The second-order valence-electron chi connectivity index (χ2n) is 7.28. The number of halogens is 1. The van der Waals surface area contributed by atoms with Crippen molar-refractivity contribution in [3.8, 4) is 0 Å². The number of nitrogens with zero attached hydrogens (tertiary/aromatic N) is 2. The number of rotatable bonds is 3. The van der Waals surface area contributed by atoms with Crippen LogP contribution in [0, 0.1) is 12.7 Å². The minimum Gasteiger partial charge on any atom is -0.360 e. The lowest BCUT2D eigenvalue weighted by molar-refractivity contribution is -0.915. The summed E-state index contributed by atoms with van der Waals surface area (Å²) in [6.45, 7) is 5.07. The number of carbonyl (C=O) groups excluding carboxylic acids is 2. The lowest BCUT2D eigenvalue weighted by Crippen LogP contribution is -3.19. The summed E-state index contributed by atoms with van der Waals surface area (Å²) in [5.74, 6) is -0.464. The second kappa shape index (κ2) is 7.12. The third kappa shape index (κ3) is 3.45. The number of piperazine rings is 1. The van der Waals surface area contributed by atoms with Crippen LogP contribution in [-0.2, 0) is 9.59 Å². The fourth-order valence-corrected chi connectivity index (χ4v) is 4.04. The Morgan fingerprint density at radius 1 is 1.00 bits per heavy atom. The second-order valence-corrected chi connectivity index (χ2v) is 7.28. The van der Waals surface area contributed by atoms with Crippen molar-refractivity contribution in [2.24, 2.45) is 0 Å². The highest BCUT2D eigenvalue weighted by molar-refractivity contribution is 6.21. The Labute approximate surface area is 158 Å². The summed E-state index contributed by atoms with van der Waals surface area (Å²) in [6.07, 6.45) is 0.263. The van der Waals surface area contributed by atoms with Gasteiger partial charge in [-0.05, 0) is 48.9 Å². The van der Waals surface area contributed by atoms with E-state index < -0.39 is 0 Å². The Hall–Kier alpha value is -2.73. The summed E-state index contributed by atoms with van der Waals surface area (Å²) < 4.78 is 13.1. The number of carbonyl (C=O) groups is 2. The van der Waals surface area contributed by atoms with E-state index in [0.717, 1.165) is 42.3 Å². The molecule has 5 nitrogen and oxygen atoms in total. The zero-order chi connectivity index (χ0) is 19.0. The fourth-order valence-electron chi connectivity index (χ4n) is 4.04. The summed E-state index contributed by atoms with van der Waals surface area (Å²) >= 11 is 0. The van der Waals surface area contributed by atoms with Gasteiger partial charge in [-0.2, -0.15) is 0 Å². The average molecular weight is 368 g/mol. The molecule has 1 unspecified atom stereocenters. The van der Waals surface area contributed by atoms with E-state index in [1.807, 2.05) is 31.2 Å². The highest BCUT2D eigenvalue weighted by Gasteiger charge is 2.46. The van der Waals surface area contributed by atoms with Gasteiger partial charge in [0, 0.05) is 5.69 Å². The predicted octanol–water partition coefficient (Wildman–Crippen LogP) is 1.17. The van der Waals surface area contributed by atoms with Crippen molar-refractivity contribution in [3.63, 3.8) is 0 Å². The van der Waals surface area contributed by atoms with Gasteiger partial charge in [0.2, 0.25) is 5.91 Å². The number of nitrogens with one attached hydrogen (secondary N) is 1. The lowest BCUT2D eigenvalue weighted by Gasteiger charge is -2.35. The first-order valence-electron chi connectivity index (χ1n) is 9.31. The van der Waals surface area contributed by atoms with Crippen molar-refractivity contribution in [1.29, 1.82) is 0 Å². The largest absolute Gasteiger partial charge is 0.360 e. The van der Waals surface area contributed by atoms with E-state index in [2.05, 4.69) is 4.90 Å². The molecule has 0 spiro atoms. The number of imide groups is 1. The van der Waals surface area contributed by atoms with E-state index in [0.29, 0.717) is 5.69 Å². The van der Waals surface area contributed by atoms with Gasteiger partial charge in [0.05, 0.1) is 38.3 Å². The number of hydrogen-bond acceptors (Lipinski definition) is 3. The maximum absolute atomic E-state index is 13.1. The maximum Gasteiger partial charge on any atom is 0.292 e. The first-order chi connectivity index (χ1) is 13.0. The van der Waals surface area contributed by atoms with Crippen molar-refractivity contribution in [3.05, 3.63) is 59.9 Å².